The number of pyridine rings is 1. The van der Waals surface area contributed by atoms with Gasteiger partial charge < -0.3 is 10.1 Å². The molecule has 1 aromatic carbocycles. The highest BCUT2D eigenvalue weighted by molar-refractivity contribution is 6.32. The van der Waals surface area contributed by atoms with E-state index < -0.39 is 6.17 Å². The van der Waals surface area contributed by atoms with E-state index in [2.05, 4.69) is 21.3 Å². The number of nitrogens with zero attached hydrogens (tertiary/aromatic N) is 2. The summed E-state index contributed by atoms with van der Waals surface area (Å²) < 4.78 is 18.7. The van der Waals surface area contributed by atoms with Gasteiger partial charge in [-0.25, -0.2) is 9.37 Å². The first kappa shape index (κ1) is 21.8. The molecule has 2 aromatic rings. The van der Waals surface area contributed by atoms with Gasteiger partial charge in [-0.3, -0.25) is 9.69 Å². The van der Waals surface area contributed by atoms with Gasteiger partial charge in [0.05, 0.1) is 0 Å². The minimum absolute atomic E-state index is 0.0777. The third-order valence-electron chi connectivity index (χ3n) is 8.60. The number of hydrogen-bond donors (Lipinski definition) is 1. The Kier molecular flexibility index (Phi) is 5.58. The molecule has 33 heavy (non-hydrogen) atoms. The maximum atomic E-state index is 13.2. The molecular weight excluding hydrogens is 441 g/mol. The minimum Gasteiger partial charge on any atom is -0.381 e. The van der Waals surface area contributed by atoms with Crippen LogP contribution in [0.5, 0.6) is 0 Å². The van der Waals surface area contributed by atoms with E-state index in [4.69, 9.17) is 16.3 Å². The van der Waals surface area contributed by atoms with Crippen LogP contribution in [-0.2, 0) is 9.53 Å². The van der Waals surface area contributed by atoms with Gasteiger partial charge in [-0.1, -0.05) is 11.6 Å². The van der Waals surface area contributed by atoms with Crippen LogP contribution in [-0.4, -0.2) is 54.3 Å². The third kappa shape index (κ3) is 4.15. The number of halogens is 2. The van der Waals surface area contributed by atoms with Crippen LogP contribution in [0.15, 0.2) is 24.4 Å². The summed E-state index contributed by atoms with van der Waals surface area (Å²) in [6, 6.07) is 6.66. The van der Waals surface area contributed by atoms with Gasteiger partial charge in [0.15, 0.2) is 0 Å². The Balaban J connectivity index is 1.14. The molecular formula is C26H31ClFN3O2. The van der Waals surface area contributed by atoms with Crippen molar-refractivity contribution >= 4 is 34.1 Å². The lowest BCUT2D eigenvalue weighted by Gasteiger charge is -2.43. The molecule has 0 radical (unpaired) electrons. The van der Waals surface area contributed by atoms with Crippen LogP contribution in [0.4, 0.5) is 10.2 Å². The molecule has 1 unspecified atom stereocenters. The van der Waals surface area contributed by atoms with Crippen molar-refractivity contribution < 1.29 is 13.9 Å². The second-order valence-electron chi connectivity index (χ2n) is 10.6. The number of fused-ring (bicyclic) bond motifs is 1. The van der Waals surface area contributed by atoms with Gasteiger partial charge in [-0.05, 0) is 85.4 Å². The third-order valence-corrected chi connectivity index (χ3v) is 8.93. The number of nitrogens with one attached hydrogen (secondary N) is 1. The Morgan fingerprint density at radius 3 is 2.61 bits per heavy atom. The summed E-state index contributed by atoms with van der Waals surface area (Å²) in [6.07, 6.45) is 8.42. The molecule has 6 rings (SSSR count). The number of alkyl halides is 1. The van der Waals surface area contributed by atoms with E-state index in [1.165, 1.54) is 5.56 Å². The van der Waals surface area contributed by atoms with E-state index >= 15 is 0 Å². The number of carbonyl (C=O) groups excluding carboxylic acids is 1. The molecule has 1 spiro atoms. The summed E-state index contributed by atoms with van der Waals surface area (Å²) in [6.45, 7) is 2.72. The fraction of sp³-hybridized carbons (Fsp3) is 0.615. The van der Waals surface area contributed by atoms with Crippen molar-refractivity contribution in [2.75, 3.05) is 31.6 Å². The molecule has 4 aliphatic rings. The zero-order valence-corrected chi connectivity index (χ0v) is 19.6. The topological polar surface area (TPSA) is 54.5 Å². The molecule has 1 amide bonds. The maximum absolute atomic E-state index is 13.2. The lowest BCUT2D eigenvalue weighted by atomic mass is 9.80. The smallest absolute Gasteiger partial charge is 0.229 e. The zero-order chi connectivity index (χ0) is 22.6. The average Bonchev–Trinajstić information content (AvgIpc) is 3.50. The summed E-state index contributed by atoms with van der Waals surface area (Å²) in [5.74, 6) is 1.19. The molecule has 2 aliphatic heterocycles. The second kappa shape index (κ2) is 8.47. The first-order valence-electron chi connectivity index (χ1n) is 12.4. The van der Waals surface area contributed by atoms with Gasteiger partial charge in [0, 0.05) is 54.9 Å². The van der Waals surface area contributed by atoms with Crippen molar-refractivity contribution in [3.63, 3.8) is 0 Å². The fourth-order valence-electron chi connectivity index (χ4n) is 6.33. The largest absolute Gasteiger partial charge is 0.381 e. The van der Waals surface area contributed by atoms with Crippen molar-refractivity contribution in [2.24, 2.45) is 11.3 Å². The first-order valence-corrected chi connectivity index (χ1v) is 12.7. The van der Waals surface area contributed by atoms with E-state index in [9.17, 15) is 9.18 Å². The quantitative estimate of drug-likeness (QED) is 0.655. The normalized spacial score (nSPS) is 29.7. The number of amides is 1. The van der Waals surface area contributed by atoms with E-state index in [0.29, 0.717) is 30.9 Å². The van der Waals surface area contributed by atoms with Gasteiger partial charge in [0.2, 0.25) is 5.91 Å². The van der Waals surface area contributed by atoms with E-state index in [-0.39, 0.29) is 17.2 Å². The van der Waals surface area contributed by atoms with E-state index in [1.54, 1.807) is 6.20 Å². The van der Waals surface area contributed by atoms with Crippen LogP contribution in [0.1, 0.15) is 56.4 Å². The minimum atomic E-state index is -0.636. The van der Waals surface area contributed by atoms with Crippen LogP contribution >= 0.6 is 11.6 Å². The van der Waals surface area contributed by atoms with Crippen LogP contribution in [0.3, 0.4) is 0 Å². The Bertz CT molecular complexity index is 1060. The van der Waals surface area contributed by atoms with E-state index in [1.807, 2.05) is 12.1 Å². The van der Waals surface area contributed by atoms with Gasteiger partial charge in [-0.15, -0.1) is 0 Å². The number of anilines is 1. The van der Waals surface area contributed by atoms with Crippen molar-refractivity contribution in [1.82, 2.24) is 9.88 Å². The summed E-state index contributed by atoms with van der Waals surface area (Å²) in [7, 11) is 0. The number of carbonyl (C=O) groups is 1. The number of ether oxygens (including phenoxy) is 1. The predicted octanol–water partition coefficient (Wildman–Crippen LogP) is 5.32. The lowest BCUT2D eigenvalue weighted by molar-refractivity contribution is -0.118. The summed E-state index contributed by atoms with van der Waals surface area (Å²) in [4.78, 5) is 19.6. The van der Waals surface area contributed by atoms with Crippen LogP contribution in [0.2, 0.25) is 5.02 Å². The summed E-state index contributed by atoms with van der Waals surface area (Å²) in [5.41, 5.74) is 1.33. The summed E-state index contributed by atoms with van der Waals surface area (Å²) in [5, 5.41) is 5.89. The second-order valence-corrected chi connectivity index (χ2v) is 11.0. The molecule has 1 atom stereocenters. The molecule has 2 saturated heterocycles. The number of rotatable bonds is 4. The molecule has 3 heterocycles. The molecule has 2 saturated carbocycles. The molecule has 5 nitrogen and oxygen atoms in total. The Morgan fingerprint density at radius 1 is 1.12 bits per heavy atom. The molecule has 0 bridgehead atoms. The van der Waals surface area contributed by atoms with Gasteiger partial charge >= 0.3 is 0 Å². The highest BCUT2D eigenvalue weighted by Gasteiger charge is 2.58. The van der Waals surface area contributed by atoms with E-state index in [0.717, 1.165) is 74.0 Å². The molecule has 1 aromatic heterocycles. The van der Waals surface area contributed by atoms with Crippen molar-refractivity contribution in [3.8, 4) is 0 Å². The number of benzene rings is 1. The number of aromatic nitrogens is 1. The van der Waals surface area contributed by atoms with Crippen LogP contribution in [0.25, 0.3) is 10.8 Å². The molecule has 7 heteroatoms. The van der Waals surface area contributed by atoms with Crippen molar-refractivity contribution in [2.45, 2.75) is 63.1 Å². The van der Waals surface area contributed by atoms with Gasteiger partial charge in [0.1, 0.15) is 12.0 Å². The standard InChI is InChI=1S/C26H31ClFN3O2/c27-23-10-18-13-29-24(30-25(32)22-12-26(22)5-7-33-8-6-26)11-17(18)9-21(23)16-1-3-20(4-2-16)31-14-19(28)15-31/h9-11,13,16,19-20,22H,1-8,12,14-15H2,(H,29,30,32). The molecule has 2 aliphatic carbocycles. The lowest BCUT2D eigenvalue weighted by Crippen LogP contribution is -2.54. The van der Waals surface area contributed by atoms with Crippen LogP contribution in [0, 0.1) is 11.3 Å². The number of likely N-dealkylation sites (tertiary alicyclic amines) is 1. The monoisotopic (exact) mass is 471 g/mol. The maximum Gasteiger partial charge on any atom is 0.229 e. The Hall–Kier alpha value is -1.76. The van der Waals surface area contributed by atoms with Gasteiger partial charge in [-0.2, -0.15) is 0 Å². The highest BCUT2D eigenvalue weighted by atomic mass is 35.5. The number of hydrogen-bond acceptors (Lipinski definition) is 4. The highest BCUT2D eigenvalue weighted by Crippen LogP contribution is 2.59. The average molecular weight is 472 g/mol. The Labute approximate surface area is 199 Å². The summed E-state index contributed by atoms with van der Waals surface area (Å²) >= 11 is 6.68. The van der Waals surface area contributed by atoms with Crippen LogP contribution < -0.4 is 5.32 Å². The fourth-order valence-corrected chi connectivity index (χ4v) is 6.66. The molecule has 4 fully saturated rings. The molecule has 1 N–H and O–H groups in total. The SMILES string of the molecule is O=C(Nc1cc2cc(C3CCC(N4CC(F)C4)CC3)c(Cl)cc2cn1)C1CC12CCOCC2. The Morgan fingerprint density at radius 2 is 1.88 bits per heavy atom. The molecule has 176 valence electrons. The van der Waals surface area contributed by atoms with Crippen molar-refractivity contribution in [3.05, 3.63) is 35.0 Å². The first-order chi connectivity index (χ1) is 16.0. The zero-order valence-electron chi connectivity index (χ0n) is 18.9. The van der Waals surface area contributed by atoms with Gasteiger partial charge in [0.25, 0.3) is 0 Å². The predicted molar refractivity (Wildman–Crippen MR) is 127 cm³/mol. The van der Waals surface area contributed by atoms with Crippen molar-refractivity contribution in [1.29, 1.82) is 0 Å².